The number of amides is 2. The Morgan fingerprint density at radius 3 is 2.65 bits per heavy atom. The lowest BCUT2D eigenvalue weighted by Crippen LogP contribution is -2.26. The Kier molecular flexibility index (Phi) is 5.80. The normalized spacial score (nSPS) is 13.0. The summed E-state index contributed by atoms with van der Waals surface area (Å²) in [4.78, 5) is 47.1. The van der Waals surface area contributed by atoms with E-state index in [0.717, 1.165) is 24.2 Å². The molecule has 2 N–H and O–H groups in total. The number of nitrogens with one attached hydrogen (secondary N) is 2. The number of methoxy groups -OCH3 is 1. The highest BCUT2D eigenvalue weighted by atomic mass is 35.5. The molecule has 2 amide bonds. The summed E-state index contributed by atoms with van der Waals surface area (Å²) in [6.07, 6.45) is 6.32. The first-order chi connectivity index (χ1) is 16.4. The summed E-state index contributed by atoms with van der Waals surface area (Å²) in [5, 5.41) is 6.22. The van der Waals surface area contributed by atoms with E-state index < -0.39 is 5.91 Å². The maximum Gasteiger partial charge on any atom is 0.271 e. The van der Waals surface area contributed by atoms with Crippen molar-refractivity contribution in [3.63, 3.8) is 0 Å². The van der Waals surface area contributed by atoms with E-state index in [-0.39, 0.29) is 22.8 Å². The number of rotatable bonds is 6. The molecule has 34 heavy (non-hydrogen) atoms. The van der Waals surface area contributed by atoms with Crippen molar-refractivity contribution in [2.75, 3.05) is 12.4 Å². The summed E-state index contributed by atoms with van der Waals surface area (Å²) < 4.78 is 5.41. The lowest BCUT2D eigenvalue weighted by Gasteiger charge is -2.13. The third kappa shape index (κ3) is 4.52. The molecule has 1 aliphatic carbocycles. The van der Waals surface area contributed by atoms with E-state index in [0.29, 0.717) is 43.7 Å². The molecule has 1 aliphatic rings. The molecule has 1 fully saturated rings. The van der Waals surface area contributed by atoms with Crippen LogP contribution in [0.25, 0.3) is 21.6 Å². The molecule has 0 radical (unpaired) electrons. The molecule has 0 bridgehead atoms. The van der Waals surface area contributed by atoms with Crippen LogP contribution in [0, 0.1) is 6.92 Å². The Hall–Kier alpha value is -3.70. The molecular formula is C22H18ClN7O3S. The van der Waals surface area contributed by atoms with Crippen LogP contribution in [0.5, 0.6) is 5.75 Å². The first kappa shape index (κ1) is 22.1. The van der Waals surface area contributed by atoms with E-state index >= 15 is 0 Å². The molecule has 4 aromatic rings. The highest BCUT2D eigenvalue weighted by molar-refractivity contribution is 7.21. The van der Waals surface area contributed by atoms with Gasteiger partial charge in [0.15, 0.2) is 15.6 Å². The Bertz CT molecular complexity index is 1440. The van der Waals surface area contributed by atoms with Gasteiger partial charge < -0.3 is 10.1 Å². The van der Waals surface area contributed by atoms with Crippen LogP contribution in [-0.4, -0.2) is 49.9 Å². The standard InChI is InChI=1S/C22H18ClN7O3S/c1-10-5-12(13-6-17(23)25-9-16(13)33-2)14(7-24-10)19(31)30-22-29-18-21(34-22)28-15(8-26-18)20(32)27-11-3-4-11/h5-9,11H,3-4H2,1-2H3,(H,27,32)(H,26,29,30,31). The van der Waals surface area contributed by atoms with Crippen molar-refractivity contribution < 1.29 is 14.3 Å². The fraction of sp³-hybridized carbons (Fsp3) is 0.227. The van der Waals surface area contributed by atoms with E-state index in [4.69, 9.17) is 16.3 Å². The van der Waals surface area contributed by atoms with E-state index in [1.54, 1.807) is 12.1 Å². The number of hydrogen-bond acceptors (Lipinski definition) is 9. The van der Waals surface area contributed by atoms with Gasteiger partial charge in [0.25, 0.3) is 11.8 Å². The number of aryl methyl sites for hydroxylation is 1. The molecule has 1 saturated carbocycles. The minimum absolute atomic E-state index is 0.215. The second kappa shape index (κ2) is 8.92. The van der Waals surface area contributed by atoms with Crippen molar-refractivity contribution in [1.82, 2.24) is 30.2 Å². The highest BCUT2D eigenvalue weighted by Crippen LogP contribution is 2.34. The Morgan fingerprint density at radius 2 is 1.88 bits per heavy atom. The van der Waals surface area contributed by atoms with E-state index in [1.807, 2.05) is 6.92 Å². The quantitative estimate of drug-likeness (QED) is 0.387. The molecule has 12 heteroatoms. The Balaban J connectivity index is 1.44. The zero-order chi connectivity index (χ0) is 23.8. The summed E-state index contributed by atoms with van der Waals surface area (Å²) in [7, 11) is 1.52. The predicted molar refractivity (Wildman–Crippen MR) is 127 cm³/mol. The Labute approximate surface area is 202 Å². The minimum atomic E-state index is -0.428. The van der Waals surface area contributed by atoms with Gasteiger partial charge in [-0.25, -0.2) is 15.0 Å². The number of thiazole rings is 1. The average molecular weight is 496 g/mol. The SMILES string of the molecule is COc1cnc(Cl)cc1-c1cc(C)ncc1C(=O)Nc1nc2ncc(C(=O)NC3CC3)nc2s1. The van der Waals surface area contributed by atoms with Crippen molar-refractivity contribution in [1.29, 1.82) is 0 Å². The molecule has 0 atom stereocenters. The van der Waals surface area contributed by atoms with Crippen molar-refractivity contribution in [2.24, 2.45) is 0 Å². The molecule has 5 rings (SSSR count). The van der Waals surface area contributed by atoms with Gasteiger partial charge in [-0.1, -0.05) is 22.9 Å². The molecule has 0 spiro atoms. The van der Waals surface area contributed by atoms with Crippen molar-refractivity contribution in [3.05, 3.63) is 52.8 Å². The van der Waals surface area contributed by atoms with E-state index in [9.17, 15) is 9.59 Å². The van der Waals surface area contributed by atoms with Gasteiger partial charge in [-0.15, -0.1) is 0 Å². The number of aromatic nitrogens is 5. The summed E-state index contributed by atoms with van der Waals surface area (Å²) in [6, 6.07) is 3.62. The van der Waals surface area contributed by atoms with Crippen LogP contribution in [0.1, 0.15) is 39.4 Å². The maximum absolute atomic E-state index is 13.2. The third-order valence-electron chi connectivity index (χ3n) is 5.12. The third-order valence-corrected chi connectivity index (χ3v) is 6.18. The monoisotopic (exact) mass is 495 g/mol. The Morgan fingerprint density at radius 1 is 1.06 bits per heavy atom. The fourth-order valence-corrected chi connectivity index (χ4v) is 4.24. The topological polar surface area (TPSA) is 132 Å². The van der Waals surface area contributed by atoms with Gasteiger partial charge in [0.05, 0.1) is 25.1 Å². The number of carbonyl (C=O) groups excluding carboxylic acids is 2. The second-order valence-corrected chi connectivity index (χ2v) is 9.05. The summed E-state index contributed by atoms with van der Waals surface area (Å²) in [6.45, 7) is 1.82. The summed E-state index contributed by atoms with van der Waals surface area (Å²) >= 11 is 7.23. The summed E-state index contributed by atoms with van der Waals surface area (Å²) in [5.74, 6) is -0.228. The van der Waals surface area contributed by atoms with Crippen molar-refractivity contribution >= 4 is 50.4 Å². The van der Waals surface area contributed by atoms with Gasteiger partial charge in [0.1, 0.15) is 16.6 Å². The molecule has 0 aliphatic heterocycles. The molecule has 4 aromatic heterocycles. The molecule has 172 valence electrons. The zero-order valence-electron chi connectivity index (χ0n) is 18.1. The van der Waals surface area contributed by atoms with Gasteiger partial charge in [-0.3, -0.25) is 19.9 Å². The van der Waals surface area contributed by atoms with Crippen molar-refractivity contribution in [3.8, 4) is 16.9 Å². The van der Waals surface area contributed by atoms with Gasteiger partial charge in [-0.2, -0.15) is 4.98 Å². The van der Waals surface area contributed by atoms with E-state index in [2.05, 4.69) is 35.6 Å². The number of nitrogens with zero attached hydrogens (tertiary/aromatic N) is 5. The van der Waals surface area contributed by atoms with Crippen LogP contribution in [0.4, 0.5) is 5.13 Å². The predicted octanol–water partition coefficient (Wildman–Crippen LogP) is 3.66. The zero-order valence-corrected chi connectivity index (χ0v) is 19.7. The number of ether oxygens (including phenoxy) is 1. The molecule has 10 nitrogen and oxygen atoms in total. The first-order valence-corrected chi connectivity index (χ1v) is 11.5. The average Bonchev–Trinajstić information content (AvgIpc) is 3.54. The fourth-order valence-electron chi connectivity index (χ4n) is 3.29. The summed E-state index contributed by atoms with van der Waals surface area (Å²) in [5.41, 5.74) is 2.77. The second-order valence-electron chi connectivity index (χ2n) is 7.68. The highest BCUT2D eigenvalue weighted by Gasteiger charge is 2.25. The molecule has 0 unspecified atom stereocenters. The van der Waals surface area contributed by atoms with Crippen LogP contribution >= 0.6 is 22.9 Å². The van der Waals surface area contributed by atoms with Crippen molar-refractivity contribution in [2.45, 2.75) is 25.8 Å². The number of halogens is 1. The van der Waals surface area contributed by atoms with Crippen LogP contribution in [0.15, 0.2) is 30.7 Å². The lowest BCUT2D eigenvalue weighted by atomic mass is 10.0. The van der Waals surface area contributed by atoms with Gasteiger partial charge in [0, 0.05) is 29.1 Å². The number of anilines is 1. The largest absolute Gasteiger partial charge is 0.494 e. The molecule has 0 saturated heterocycles. The maximum atomic E-state index is 13.2. The molecule has 4 heterocycles. The number of pyridine rings is 2. The number of fused-ring (bicyclic) bond motifs is 1. The molecule has 0 aromatic carbocycles. The van der Waals surface area contributed by atoms with Crippen LogP contribution in [-0.2, 0) is 0 Å². The first-order valence-electron chi connectivity index (χ1n) is 10.3. The minimum Gasteiger partial charge on any atom is -0.494 e. The molecular weight excluding hydrogens is 478 g/mol. The van der Waals surface area contributed by atoms with Gasteiger partial charge >= 0.3 is 0 Å². The van der Waals surface area contributed by atoms with Gasteiger partial charge in [-0.05, 0) is 31.9 Å². The van der Waals surface area contributed by atoms with Crippen LogP contribution in [0.2, 0.25) is 5.15 Å². The number of hydrogen-bond donors (Lipinski definition) is 2. The smallest absolute Gasteiger partial charge is 0.271 e. The van der Waals surface area contributed by atoms with Gasteiger partial charge in [0.2, 0.25) is 0 Å². The van der Waals surface area contributed by atoms with Crippen LogP contribution in [0.3, 0.4) is 0 Å². The number of carbonyl (C=O) groups is 2. The lowest BCUT2D eigenvalue weighted by molar-refractivity contribution is 0.0945. The van der Waals surface area contributed by atoms with Crippen LogP contribution < -0.4 is 15.4 Å². The van der Waals surface area contributed by atoms with E-state index in [1.165, 1.54) is 25.7 Å².